The summed E-state index contributed by atoms with van der Waals surface area (Å²) in [5.74, 6) is 0. The molecular formula is C12H24N2O2. The number of alkyl carbamates (subject to hydrolysis) is 1. The average molecular weight is 228 g/mol. The van der Waals surface area contributed by atoms with Crippen molar-refractivity contribution in [3.63, 3.8) is 0 Å². The first-order chi connectivity index (χ1) is 7.40. The Hall–Kier alpha value is -0.770. The van der Waals surface area contributed by atoms with E-state index in [-0.39, 0.29) is 12.1 Å². The second-order valence-electron chi connectivity index (χ2n) is 5.50. The number of ether oxygens (including phenoxy) is 1. The van der Waals surface area contributed by atoms with Crippen LogP contribution in [0.15, 0.2) is 0 Å². The van der Waals surface area contributed by atoms with E-state index in [1.165, 1.54) is 6.42 Å². The maximum atomic E-state index is 11.6. The summed E-state index contributed by atoms with van der Waals surface area (Å²) >= 11 is 0. The Balaban J connectivity index is 2.33. The first-order valence-corrected chi connectivity index (χ1v) is 6.07. The minimum atomic E-state index is -0.416. The standard InChI is InChI=1S/C12H24N2O2/c1-12(2,3)16-11(15)14-10-7-5-6-9(8-10)13-4/h9-10,13H,5-8H2,1-4H3,(H,14,15)/t9-,10+/m0/s1. The second kappa shape index (κ2) is 5.53. The van der Waals surface area contributed by atoms with Crippen molar-refractivity contribution in [3.05, 3.63) is 0 Å². The summed E-state index contributed by atoms with van der Waals surface area (Å²) in [6.07, 6.45) is 4.11. The molecule has 0 aromatic carbocycles. The van der Waals surface area contributed by atoms with Crippen molar-refractivity contribution in [3.8, 4) is 0 Å². The quantitative estimate of drug-likeness (QED) is 0.760. The number of amides is 1. The third kappa shape index (κ3) is 4.84. The molecule has 0 spiro atoms. The number of carbonyl (C=O) groups is 1. The molecule has 4 nitrogen and oxygen atoms in total. The van der Waals surface area contributed by atoms with Crippen molar-refractivity contribution >= 4 is 6.09 Å². The van der Waals surface area contributed by atoms with Crippen molar-refractivity contribution in [1.29, 1.82) is 0 Å². The highest BCUT2D eigenvalue weighted by atomic mass is 16.6. The summed E-state index contributed by atoms with van der Waals surface area (Å²) < 4.78 is 5.24. The SMILES string of the molecule is CN[C@H]1CCC[C@@H](NC(=O)OC(C)(C)C)C1. The highest BCUT2D eigenvalue weighted by Crippen LogP contribution is 2.18. The predicted octanol–water partition coefficient (Wildman–Crippen LogP) is 2.04. The van der Waals surface area contributed by atoms with Crippen LogP contribution in [0, 0.1) is 0 Å². The Morgan fingerprint density at radius 3 is 2.44 bits per heavy atom. The van der Waals surface area contributed by atoms with E-state index in [9.17, 15) is 4.79 Å². The van der Waals surface area contributed by atoms with E-state index in [4.69, 9.17) is 4.74 Å². The average Bonchev–Trinajstić information content (AvgIpc) is 2.15. The maximum absolute atomic E-state index is 11.6. The fourth-order valence-electron chi connectivity index (χ4n) is 2.06. The van der Waals surface area contributed by atoms with Crippen LogP contribution in [0.3, 0.4) is 0 Å². The topological polar surface area (TPSA) is 50.4 Å². The first kappa shape index (κ1) is 13.3. The van der Waals surface area contributed by atoms with E-state index in [0.29, 0.717) is 6.04 Å². The van der Waals surface area contributed by atoms with Gasteiger partial charge in [0.1, 0.15) is 5.60 Å². The molecular weight excluding hydrogens is 204 g/mol. The lowest BCUT2D eigenvalue weighted by atomic mass is 9.91. The van der Waals surface area contributed by atoms with Gasteiger partial charge < -0.3 is 15.4 Å². The van der Waals surface area contributed by atoms with Gasteiger partial charge in [-0.2, -0.15) is 0 Å². The van der Waals surface area contributed by atoms with E-state index >= 15 is 0 Å². The van der Waals surface area contributed by atoms with Gasteiger partial charge in [0.25, 0.3) is 0 Å². The molecule has 0 unspecified atom stereocenters. The summed E-state index contributed by atoms with van der Waals surface area (Å²) in [6.45, 7) is 5.64. The molecule has 2 N–H and O–H groups in total. The largest absolute Gasteiger partial charge is 0.444 e. The molecule has 1 fully saturated rings. The Labute approximate surface area is 98.1 Å². The molecule has 94 valence electrons. The summed E-state index contributed by atoms with van der Waals surface area (Å²) in [4.78, 5) is 11.6. The number of hydrogen-bond acceptors (Lipinski definition) is 3. The van der Waals surface area contributed by atoms with Gasteiger partial charge in [0.05, 0.1) is 0 Å². The lowest BCUT2D eigenvalue weighted by Gasteiger charge is -2.30. The molecule has 16 heavy (non-hydrogen) atoms. The second-order valence-corrected chi connectivity index (χ2v) is 5.50. The Morgan fingerprint density at radius 1 is 1.25 bits per heavy atom. The lowest BCUT2D eigenvalue weighted by molar-refractivity contribution is 0.0489. The van der Waals surface area contributed by atoms with Crippen LogP contribution in [0.2, 0.25) is 0 Å². The van der Waals surface area contributed by atoms with E-state index < -0.39 is 5.60 Å². The van der Waals surface area contributed by atoms with Crippen LogP contribution in [-0.4, -0.2) is 30.8 Å². The molecule has 1 saturated carbocycles. The predicted molar refractivity (Wildman–Crippen MR) is 64.5 cm³/mol. The highest BCUT2D eigenvalue weighted by Gasteiger charge is 2.24. The van der Waals surface area contributed by atoms with Gasteiger partial charge in [-0.3, -0.25) is 0 Å². The summed E-state index contributed by atoms with van der Waals surface area (Å²) in [7, 11) is 1.97. The molecule has 0 aromatic rings. The Kier molecular flexibility index (Phi) is 4.59. The van der Waals surface area contributed by atoms with Gasteiger partial charge >= 0.3 is 6.09 Å². The fraction of sp³-hybridized carbons (Fsp3) is 0.917. The van der Waals surface area contributed by atoms with Crippen LogP contribution in [0.25, 0.3) is 0 Å². The van der Waals surface area contributed by atoms with Gasteiger partial charge in [0, 0.05) is 12.1 Å². The van der Waals surface area contributed by atoms with Gasteiger partial charge in [0.15, 0.2) is 0 Å². The number of carbonyl (C=O) groups excluding carboxylic acids is 1. The molecule has 0 bridgehead atoms. The monoisotopic (exact) mass is 228 g/mol. The van der Waals surface area contributed by atoms with Crippen LogP contribution < -0.4 is 10.6 Å². The molecule has 4 heteroatoms. The minimum Gasteiger partial charge on any atom is -0.444 e. The highest BCUT2D eigenvalue weighted by molar-refractivity contribution is 5.68. The van der Waals surface area contributed by atoms with Crippen LogP contribution in [0.5, 0.6) is 0 Å². The molecule has 0 heterocycles. The lowest BCUT2D eigenvalue weighted by Crippen LogP contribution is -2.44. The Morgan fingerprint density at radius 2 is 1.88 bits per heavy atom. The zero-order valence-corrected chi connectivity index (χ0v) is 10.8. The maximum Gasteiger partial charge on any atom is 0.407 e. The van der Waals surface area contributed by atoms with Crippen LogP contribution in [0.1, 0.15) is 46.5 Å². The van der Waals surface area contributed by atoms with Crippen LogP contribution in [-0.2, 0) is 4.74 Å². The van der Waals surface area contributed by atoms with Crippen LogP contribution >= 0.6 is 0 Å². The molecule has 0 radical (unpaired) electrons. The van der Waals surface area contributed by atoms with Crippen molar-refractivity contribution in [2.75, 3.05) is 7.05 Å². The van der Waals surface area contributed by atoms with Gasteiger partial charge in [0.2, 0.25) is 0 Å². The van der Waals surface area contributed by atoms with E-state index in [1.54, 1.807) is 0 Å². The van der Waals surface area contributed by atoms with Gasteiger partial charge in [-0.25, -0.2) is 4.79 Å². The van der Waals surface area contributed by atoms with Gasteiger partial charge in [-0.05, 0) is 53.5 Å². The van der Waals surface area contributed by atoms with Gasteiger partial charge in [-0.1, -0.05) is 0 Å². The van der Waals surface area contributed by atoms with Crippen LogP contribution in [0.4, 0.5) is 4.79 Å². The molecule has 1 amide bonds. The van der Waals surface area contributed by atoms with E-state index in [0.717, 1.165) is 19.3 Å². The molecule has 0 aliphatic heterocycles. The molecule has 1 aliphatic rings. The van der Waals surface area contributed by atoms with Crippen molar-refractivity contribution in [1.82, 2.24) is 10.6 Å². The third-order valence-corrected chi connectivity index (χ3v) is 2.80. The van der Waals surface area contributed by atoms with Crippen molar-refractivity contribution in [2.45, 2.75) is 64.1 Å². The third-order valence-electron chi connectivity index (χ3n) is 2.80. The van der Waals surface area contributed by atoms with E-state index in [2.05, 4.69) is 10.6 Å². The number of nitrogens with one attached hydrogen (secondary N) is 2. The van der Waals surface area contributed by atoms with E-state index in [1.807, 2.05) is 27.8 Å². The molecule has 2 atom stereocenters. The smallest absolute Gasteiger partial charge is 0.407 e. The van der Waals surface area contributed by atoms with Crippen molar-refractivity contribution < 1.29 is 9.53 Å². The summed E-state index contributed by atoms with van der Waals surface area (Å²) in [5.41, 5.74) is -0.416. The Bertz CT molecular complexity index is 236. The summed E-state index contributed by atoms with van der Waals surface area (Å²) in [5, 5.41) is 6.20. The molecule has 1 aliphatic carbocycles. The molecule has 1 rings (SSSR count). The summed E-state index contributed by atoms with van der Waals surface area (Å²) in [6, 6.07) is 0.773. The minimum absolute atomic E-state index is 0.251. The van der Waals surface area contributed by atoms with Crippen molar-refractivity contribution in [2.24, 2.45) is 0 Å². The zero-order valence-electron chi connectivity index (χ0n) is 10.8. The fourth-order valence-corrected chi connectivity index (χ4v) is 2.06. The molecule has 0 saturated heterocycles. The number of rotatable bonds is 2. The van der Waals surface area contributed by atoms with Gasteiger partial charge in [-0.15, -0.1) is 0 Å². The zero-order chi connectivity index (χ0) is 12.2. The molecule has 0 aromatic heterocycles. The first-order valence-electron chi connectivity index (χ1n) is 6.07. The normalized spacial score (nSPS) is 26.2. The number of hydrogen-bond donors (Lipinski definition) is 2.